The van der Waals surface area contributed by atoms with Crippen LogP contribution in [0.1, 0.15) is 11.1 Å². The summed E-state index contributed by atoms with van der Waals surface area (Å²) in [6.45, 7) is 0. The zero-order chi connectivity index (χ0) is 14.7. The molecule has 0 amide bonds. The molecule has 0 aliphatic rings. The van der Waals surface area contributed by atoms with Crippen LogP contribution in [-0.2, 0) is 4.79 Å². The van der Waals surface area contributed by atoms with E-state index in [0.29, 0.717) is 16.1 Å². The molecule has 0 saturated heterocycles. The highest BCUT2D eigenvalue weighted by atomic mass is 35.5. The molecule has 3 nitrogen and oxygen atoms in total. The molecule has 2 aromatic rings. The predicted octanol–water partition coefficient (Wildman–Crippen LogP) is 4.32. The van der Waals surface area contributed by atoms with Gasteiger partial charge in [-0.3, -0.25) is 0 Å². The number of rotatable bonds is 3. The molecule has 102 valence electrons. The van der Waals surface area contributed by atoms with Crippen molar-refractivity contribution >= 4 is 40.8 Å². The van der Waals surface area contributed by atoms with Crippen molar-refractivity contribution in [2.24, 2.45) is 0 Å². The fraction of sp³-hybridized carbons (Fsp3) is 0. The number of benzene rings is 2. The van der Waals surface area contributed by atoms with Crippen molar-refractivity contribution in [1.29, 1.82) is 0 Å². The summed E-state index contributed by atoms with van der Waals surface area (Å²) in [6, 6.07) is 11.0. The first kappa shape index (κ1) is 14.4. The number of hydrogen-bond acceptors (Lipinski definition) is 2. The third-order valence-corrected chi connectivity index (χ3v) is 3.25. The number of carboxylic acids is 1. The van der Waals surface area contributed by atoms with E-state index in [9.17, 15) is 15.0 Å². The van der Waals surface area contributed by atoms with Crippen molar-refractivity contribution in [1.82, 2.24) is 0 Å². The topological polar surface area (TPSA) is 57.5 Å². The smallest absolute Gasteiger partial charge is 0.336 e. The quantitative estimate of drug-likeness (QED) is 0.655. The summed E-state index contributed by atoms with van der Waals surface area (Å²) >= 11 is 11.9. The number of aromatic hydroxyl groups is 1. The summed E-state index contributed by atoms with van der Waals surface area (Å²) in [5, 5.41) is 19.7. The molecule has 2 N–H and O–H groups in total. The Morgan fingerprint density at radius 3 is 2.45 bits per heavy atom. The van der Waals surface area contributed by atoms with Crippen LogP contribution in [0.15, 0.2) is 42.5 Å². The van der Waals surface area contributed by atoms with Crippen molar-refractivity contribution in [2.45, 2.75) is 0 Å². The van der Waals surface area contributed by atoms with Crippen LogP contribution in [0.25, 0.3) is 11.6 Å². The first-order chi connectivity index (χ1) is 9.49. The van der Waals surface area contributed by atoms with Gasteiger partial charge in [-0.05, 0) is 30.3 Å². The average molecular weight is 309 g/mol. The lowest BCUT2D eigenvalue weighted by Crippen LogP contribution is -2.00. The molecule has 2 aromatic carbocycles. The van der Waals surface area contributed by atoms with Gasteiger partial charge in [0.25, 0.3) is 0 Å². The Balaban J connectivity index is 2.61. The average Bonchev–Trinajstić information content (AvgIpc) is 2.40. The Hall–Kier alpha value is -1.97. The highest BCUT2D eigenvalue weighted by molar-refractivity contribution is 6.37. The van der Waals surface area contributed by atoms with Gasteiger partial charge in [0, 0.05) is 21.2 Å². The summed E-state index contributed by atoms with van der Waals surface area (Å²) in [5.41, 5.74) is 0.648. The Kier molecular flexibility index (Phi) is 4.32. The SMILES string of the molecule is O=C(O)/C(=C\c1ccccc1O)c1cc(Cl)ccc1Cl. The fourth-order valence-electron chi connectivity index (χ4n) is 1.72. The van der Waals surface area contributed by atoms with Gasteiger partial charge in [-0.2, -0.15) is 0 Å². The van der Waals surface area contributed by atoms with Crippen molar-refractivity contribution < 1.29 is 15.0 Å². The zero-order valence-corrected chi connectivity index (χ0v) is 11.7. The normalized spacial score (nSPS) is 11.4. The van der Waals surface area contributed by atoms with Crippen LogP contribution in [0.5, 0.6) is 5.75 Å². The lowest BCUT2D eigenvalue weighted by Gasteiger charge is -2.07. The van der Waals surface area contributed by atoms with E-state index in [1.165, 1.54) is 24.3 Å². The summed E-state index contributed by atoms with van der Waals surface area (Å²) in [6.07, 6.45) is 1.36. The number of aliphatic carboxylic acids is 1. The van der Waals surface area contributed by atoms with Crippen LogP contribution in [-0.4, -0.2) is 16.2 Å². The highest BCUT2D eigenvalue weighted by Gasteiger charge is 2.15. The minimum absolute atomic E-state index is 0.00981. The van der Waals surface area contributed by atoms with Crippen LogP contribution in [0, 0.1) is 0 Å². The number of para-hydroxylation sites is 1. The Labute approximate surface area is 125 Å². The Morgan fingerprint density at radius 2 is 1.80 bits per heavy atom. The minimum Gasteiger partial charge on any atom is -0.507 e. The number of halogens is 2. The standard InChI is InChI=1S/C15H10Cl2O3/c16-10-5-6-13(17)11(8-10)12(15(19)20)7-9-3-1-2-4-14(9)18/h1-8,18H,(H,19,20)/b12-7-. The molecule has 0 aromatic heterocycles. The molecule has 0 atom stereocenters. The van der Waals surface area contributed by atoms with E-state index in [0.717, 1.165) is 0 Å². The second-order valence-corrected chi connectivity index (χ2v) is 4.89. The van der Waals surface area contributed by atoms with E-state index in [1.807, 2.05) is 0 Å². The Morgan fingerprint density at radius 1 is 1.10 bits per heavy atom. The van der Waals surface area contributed by atoms with Gasteiger partial charge in [0.05, 0.1) is 5.57 Å². The summed E-state index contributed by atoms with van der Waals surface area (Å²) < 4.78 is 0. The van der Waals surface area contributed by atoms with E-state index in [2.05, 4.69) is 0 Å². The van der Waals surface area contributed by atoms with E-state index < -0.39 is 5.97 Å². The molecule has 0 heterocycles. The summed E-state index contributed by atoms with van der Waals surface area (Å²) in [7, 11) is 0. The summed E-state index contributed by atoms with van der Waals surface area (Å²) in [5.74, 6) is -1.16. The van der Waals surface area contributed by atoms with Gasteiger partial charge >= 0.3 is 5.97 Å². The lowest BCUT2D eigenvalue weighted by molar-refractivity contribution is -0.130. The number of carbonyl (C=O) groups is 1. The van der Waals surface area contributed by atoms with Crippen molar-refractivity contribution in [2.75, 3.05) is 0 Å². The maximum absolute atomic E-state index is 11.4. The number of carboxylic acid groups (broad SMARTS) is 1. The molecule has 0 unspecified atom stereocenters. The molecular weight excluding hydrogens is 299 g/mol. The molecular formula is C15H10Cl2O3. The van der Waals surface area contributed by atoms with Crippen LogP contribution >= 0.6 is 23.2 Å². The number of hydrogen-bond donors (Lipinski definition) is 2. The molecule has 0 fully saturated rings. The largest absolute Gasteiger partial charge is 0.507 e. The second-order valence-electron chi connectivity index (χ2n) is 4.05. The van der Waals surface area contributed by atoms with E-state index >= 15 is 0 Å². The van der Waals surface area contributed by atoms with Gasteiger partial charge in [-0.15, -0.1) is 0 Å². The monoisotopic (exact) mass is 308 g/mol. The molecule has 0 spiro atoms. The summed E-state index contributed by atoms with van der Waals surface area (Å²) in [4.78, 5) is 11.4. The van der Waals surface area contributed by atoms with E-state index in [1.54, 1.807) is 24.3 Å². The predicted molar refractivity (Wildman–Crippen MR) is 80.1 cm³/mol. The van der Waals surface area contributed by atoms with Crippen LogP contribution in [0.3, 0.4) is 0 Å². The number of phenols is 1. The molecule has 0 aliphatic carbocycles. The molecule has 5 heteroatoms. The maximum Gasteiger partial charge on any atom is 0.336 e. The van der Waals surface area contributed by atoms with Crippen molar-refractivity contribution in [3.05, 3.63) is 63.6 Å². The first-order valence-corrected chi connectivity index (χ1v) is 6.43. The zero-order valence-electron chi connectivity index (χ0n) is 10.2. The lowest BCUT2D eigenvalue weighted by atomic mass is 10.0. The fourth-order valence-corrected chi connectivity index (χ4v) is 2.12. The van der Waals surface area contributed by atoms with E-state index in [4.69, 9.17) is 23.2 Å². The first-order valence-electron chi connectivity index (χ1n) is 5.67. The Bertz CT molecular complexity index is 693. The minimum atomic E-state index is -1.16. The van der Waals surface area contributed by atoms with E-state index in [-0.39, 0.29) is 16.3 Å². The van der Waals surface area contributed by atoms with Gasteiger partial charge in [-0.25, -0.2) is 4.79 Å². The third-order valence-electron chi connectivity index (χ3n) is 2.69. The molecule has 0 aliphatic heterocycles. The van der Waals surface area contributed by atoms with Gasteiger partial charge < -0.3 is 10.2 Å². The molecule has 0 saturated carbocycles. The molecule has 20 heavy (non-hydrogen) atoms. The molecule has 0 bridgehead atoms. The van der Waals surface area contributed by atoms with Crippen LogP contribution < -0.4 is 0 Å². The van der Waals surface area contributed by atoms with Gasteiger partial charge in [0.1, 0.15) is 5.75 Å². The molecule has 2 rings (SSSR count). The third kappa shape index (κ3) is 3.13. The number of phenolic OH excluding ortho intramolecular Hbond substituents is 1. The second kappa shape index (κ2) is 5.99. The van der Waals surface area contributed by atoms with Gasteiger partial charge in [-0.1, -0.05) is 41.4 Å². The maximum atomic E-state index is 11.4. The van der Waals surface area contributed by atoms with Gasteiger partial charge in [0.2, 0.25) is 0 Å². The highest BCUT2D eigenvalue weighted by Crippen LogP contribution is 2.30. The van der Waals surface area contributed by atoms with Crippen molar-refractivity contribution in [3.63, 3.8) is 0 Å². The molecule has 0 radical (unpaired) electrons. The van der Waals surface area contributed by atoms with Crippen molar-refractivity contribution in [3.8, 4) is 5.75 Å². The van der Waals surface area contributed by atoms with Gasteiger partial charge in [0.15, 0.2) is 0 Å². The van der Waals surface area contributed by atoms with Crippen LogP contribution in [0.4, 0.5) is 0 Å². The van der Waals surface area contributed by atoms with Crippen LogP contribution in [0.2, 0.25) is 10.0 Å².